The molecule has 1 aromatic heterocycles. The molecular weight excluding hydrogens is 418 g/mol. The van der Waals surface area contributed by atoms with Crippen molar-refractivity contribution in [2.24, 2.45) is 0 Å². The Morgan fingerprint density at radius 2 is 1.79 bits per heavy atom. The zero-order chi connectivity index (χ0) is 23.3. The highest BCUT2D eigenvalue weighted by Crippen LogP contribution is 2.27. The average molecular weight is 452 g/mol. The molecule has 2 heterocycles. The molecule has 0 atom stereocenters. The van der Waals surface area contributed by atoms with Gasteiger partial charge in [-0.25, -0.2) is 4.98 Å². The van der Waals surface area contributed by atoms with Gasteiger partial charge in [-0.3, -0.25) is 0 Å². The summed E-state index contributed by atoms with van der Waals surface area (Å²) in [5.41, 5.74) is 8.61. The normalized spacial score (nSPS) is 13.0. The van der Waals surface area contributed by atoms with E-state index in [1.807, 2.05) is 12.1 Å². The van der Waals surface area contributed by atoms with Crippen molar-refractivity contribution in [2.45, 2.75) is 52.7 Å². The quantitative estimate of drug-likeness (QED) is 0.336. The van der Waals surface area contributed by atoms with Gasteiger partial charge in [-0.2, -0.15) is 0 Å². The number of fused-ring (bicyclic) bond motifs is 1. The van der Waals surface area contributed by atoms with E-state index in [0.717, 1.165) is 61.6 Å². The Balaban J connectivity index is 1.37. The standard InChI is InChI=1S/C30H33N3O/c1-3-4-5-30-32-29(20-33(30)27-13-10-24-16-17-31-19-26(24)18-27)25-11-14-28(15-12-25)34-21-23-8-6-22(2)7-9-23/h6-15,18,20,31H,3-5,16-17,19,21H2,1-2H3. The third kappa shape index (κ3) is 5.07. The molecule has 0 radical (unpaired) electrons. The van der Waals surface area contributed by atoms with Gasteiger partial charge in [0.2, 0.25) is 0 Å². The van der Waals surface area contributed by atoms with Crippen molar-refractivity contribution >= 4 is 0 Å². The number of ether oxygens (including phenoxy) is 1. The minimum Gasteiger partial charge on any atom is -0.489 e. The number of nitrogens with zero attached hydrogens (tertiary/aromatic N) is 2. The molecule has 0 bridgehead atoms. The van der Waals surface area contributed by atoms with Crippen molar-refractivity contribution in [3.8, 4) is 22.7 Å². The van der Waals surface area contributed by atoms with Crippen LogP contribution in [0.5, 0.6) is 5.75 Å². The highest BCUT2D eigenvalue weighted by Gasteiger charge is 2.14. The first-order valence-corrected chi connectivity index (χ1v) is 12.4. The van der Waals surface area contributed by atoms with Crippen LogP contribution in [0.4, 0.5) is 0 Å². The van der Waals surface area contributed by atoms with Gasteiger partial charge in [-0.15, -0.1) is 0 Å². The molecule has 174 valence electrons. The van der Waals surface area contributed by atoms with Crippen LogP contribution < -0.4 is 10.1 Å². The van der Waals surface area contributed by atoms with Crippen LogP contribution in [0.1, 0.15) is 47.8 Å². The van der Waals surface area contributed by atoms with Crippen LogP contribution in [0.15, 0.2) is 72.9 Å². The van der Waals surface area contributed by atoms with E-state index in [1.165, 1.54) is 27.9 Å². The largest absolute Gasteiger partial charge is 0.489 e. The van der Waals surface area contributed by atoms with Gasteiger partial charge in [0.1, 0.15) is 18.2 Å². The topological polar surface area (TPSA) is 39.1 Å². The Labute approximate surface area is 202 Å². The lowest BCUT2D eigenvalue weighted by molar-refractivity contribution is 0.306. The molecule has 4 nitrogen and oxygen atoms in total. The first-order valence-electron chi connectivity index (χ1n) is 12.4. The number of aryl methyl sites for hydroxylation is 2. The summed E-state index contributed by atoms with van der Waals surface area (Å²) in [7, 11) is 0. The van der Waals surface area contributed by atoms with Gasteiger partial charge in [0.25, 0.3) is 0 Å². The summed E-state index contributed by atoms with van der Waals surface area (Å²) in [5.74, 6) is 2.00. The molecule has 0 saturated heterocycles. The minimum atomic E-state index is 0.572. The molecule has 4 heteroatoms. The number of hydrogen-bond donors (Lipinski definition) is 1. The fourth-order valence-corrected chi connectivity index (χ4v) is 4.48. The SMILES string of the molecule is CCCCc1nc(-c2ccc(OCc3ccc(C)cc3)cc2)cn1-c1ccc2c(c1)CNCC2. The zero-order valence-electron chi connectivity index (χ0n) is 20.2. The van der Waals surface area contributed by atoms with Gasteiger partial charge in [-0.05, 0) is 79.4 Å². The molecule has 0 saturated carbocycles. The number of hydrogen-bond acceptors (Lipinski definition) is 3. The Kier molecular flexibility index (Phi) is 6.77. The lowest BCUT2D eigenvalue weighted by Gasteiger charge is -2.18. The van der Waals surface area contributed by atoms with Crippen molar-refractivity contribution in [1.82, 2.24) is 14.9 Å². The van der Waals surface area contributed by atoms with Gasteiger partial charge < -0.3 is 14.6 Å². The van der Waals surface area contributed by atoms with E-state index in [2.05, 4.69) is 84.5 Å². The first-order chi connectivity index (χ1) is 16.7. The van der Waals surface area contributed by atoms with E-state index < -0.39 is 0 Å². The van der Waals surface area contributed by atoms with Gasteiger partial charge in [0.15, 0.2) is 0 Å². The molecule has 0 unspecified atom stereocenters. The number of imidazole rings is 1. The van der Waals surface area contributed by atoms with Gasteiger partial charge in [0, 0.05) is 30.4 Å². The van der Waals surface area contributed by atoms with Crippen LogP contribution in [0, 0.1) is 6.92 Å². The Morgan fingerprint density at radius 3 is 2.59 bits per heavy atom. The second kappa shape index (κ2) is 10.3. The maximum atomic E-state index is 6.00. The van der Waals surface area contributed by atoms with Gasteiger partial charge in [0.05, 0.1) is 5.69 Å². The summed E-state index contributed by atoms with van der Waals surface area (Å²) >= 11 is 0. The summed E-state index contributed by atoms with van der Waals surface area (Å²) in [6.45, 7) is 6.91. The van der Waals surface area contributed by atoms with E-state index in [9.17, 15) is 0 Å². The number of unbranched alkanes of at least 4 members (excludes halogenated alkanes) is 1. The van der Waals surface area contributed by atoms with Gasteiger partial charge >= 0.3 is 0 Å². The van der Waals surface area contributed by atoms with Crippen LogP contribution in [-0.4, -0.2) is 16.1 Å². The molecule has 0 aliphatic carbocycles. The maximum absolute atomic E-state index is 6.00. The Hall–Kier alpha value is -3.37. The fraction of sp³-hybridized carbons (Fsp3) is 0.300. The molecular formula is C30H33N3O. The molecule has 3 aromatic carbocycles. The van der Waals surface area contributed by atoms with Crippen molar-refractivity contribution in [2.75, 3.05) is 6.54 Å². The average Bonchev–Trinajstić information content (AvgIpc) is 3.31. The third-order valence-electron chi connectivity index (χ3n) is 6.56. The molecule has 0 fully saturated rings. The molecule has 1 aliphatic heterocycles. The number of benzene rings is 3. The van der Waals surface area contributed by atoms with E-state index in [-0.39, 0.29) is 0 Å². The molecule has 4 aromatic rings. The van der Waals surface area contributed by atoms with Crippen molar-refractivity contribution in [3.63, 3.8) is 0 Å². The first kappa shape index (κ1) is 22.4. The summed E-state index contributed by atoms with van der Waals surface area (Å²) in [5, 5.41) is 3.49. The highest BCUT2D eigenvalue weighted by molar-refractivity contribution is 5.61. The molecule has 34 heavy (non-hydrogen) atoms. The smallest absolute Gasteiger partial charge is 0.119 e. The monoisotopic (exact) mass is 451 g/mol. The number of rotatable bonds is 8. The van der Waals surface area contributed by atoms with Crippen LogP contribution >= 0.6 is 0 Å². The Morgan fingerprint density at radius 1 is 0.971 bits per heavy atom. The van der Waals surface area contributed by atoms with E-state index >= 15 is 0 Å². The highest BCUT2D eigenvalue weighted by atomic mass is 16.5. The van der Waals surface area contributed by atoms with E-state index in [0.29, 0.717) is 6.61 Å². The van der Waals surface area contributed by atoms with Crippen LogP contribution in [0.2, 0.25) is 0 Å². The van der Waals surface area contributed by atoms with Crippen LogP contribution in [0.25, 0.3) is 16.9 Å². The minimum absolute atomic E-state index is 0.572. The number of aromatic nitrogens is 2. The molecule has 1 aliphatic rings. The summed E-state index contributed by atoms with van der Waals surface area (Å²) in [6, 6.07) is 23.6. The predicted octanol–water partition coefficient (Wildman–Crippen LogP) is 6.42. The third-order valence-corrected chi connectivity index (χ3v) is 6.56. The zero-order valence-corrected chi connectivity index (χ0v) is 20.2. The van der Waals surface area contributed by atoms with E-state index in [1.54, 1.807) is 0 Å². The van der Waals surface area contributed by atoms with Crippen LogP contribution in [0.3, 0.4) is 0 Å². The van der Waals surface area contributed by atoms with Crippen molar-refractivity contribution in [3.05, 3.63) is 101 Å². The molecule has 5 rings (SSSR count). The number of nitrogens with one attached hydrogen (secondary N) is 1. The van der Waals surface area contributed by atoms with Gasteiger partial charge in [-0.1, -0.05) is 49.2 Å². The molecule has 0 amide bonds. The maximum Gasteiger partial charge on any atom is 0.119 e. The lowest BCUT2D eigenvalue weighted by atomic mass is 10.0. The second-order valence-corrected chi connectivity index (χ2v) is 9.19. The fourth-order valence-electron chi connectivity index (χ4n) is 4.48. The summed E-state index contributed by atoms with van der Waals surface area (Å²) < 4.78 is 8.27. The Bertz CT molecular complexity index is 1240. The van der Waals surface area contributed by atoms with E-state index in [4.69, 9.17) is 9.72 Å². The lowest BCUT2D eigenvalue weighted by Crippen LogP contribution is -2.23. The molecule has 1 N–H and O–H groups in total. The van der Waals surface area contributed by atoms with Crippen LogP contribution in [-0.2, 0) is 26.0 Å². The summed E-state index contributed by atoms with van der Waals surface area (Å²) in [4.78, 5) is 5.04. The second-order valence-electron chi connectivity index (χ2n) is 9.19. The van der Waals surface area contributed by atoms with Crippen molar-refractivity contribution < 1.29 is 4.74 Å². The van der Waals surface area contributed by atoms with Crippen molar-refractivity contribution in [1.29, 1.82) is 0 Å². The molecule has 0 spiro atoms. The predicted molar refractivity (Wildman–Crippen MR) is 139 cm³/mol. The summed E-state index contributed by atoms with van der Waals surface area (Å²) in [6.07, 6.45) is 6.55.